The van der Waals surface area contributed by atoms with E-state index < -0.39 is 5.97 Å². The molecule has 6 aromatic rings. The molecule has 8 nitrogen and oxygen atoms in total. The van der Waals surface area contributed by atoms with E-state index in [1.807, 2.05) is 30.5 Å². The van der Waals surface area contributed by atoms with Crippen LogP contribution in [-0.4, -0.2) is 26.8 Å². The number of pyridine rings is 2. The molecule has 4 aromatic carbocycles. The molecule has 4 saturated carbocycles. The molecule has 308 valence electrons. The molecule has 10 heteroatoms. The molecular weight excluding hydrogens is 769 g/mol. The van der Waals surface area contributed by atoms with E-state index in [9.17, 15) is 23.5 Å². The number of benzene rings is 4. The molecule has 61 heavy (non-hydrogen) atoms. The second kappa shape index (κ2) is 17.2. The fourth-order valence-corrected chi connectivity index (χ4v) is 10.2. The summed E-state index contributed by atoms with van der Waals surface area (Å²) in [5, 5.41) is 11.0. The van der Waals surface area contributed by atoms with E-state index in [-0.39, 0.29) is 34.3 Å². The molecule has 2 heterocycles. The quantitative estimate of drug-likeness (QED) is 0.128. The molecule has 4 fully saturated rings. The van der Waals surface area contributed by atoms with Gasteiger partial charge >= 0.3 is 5.97 Å². The minimum absolute atomic E-state index is 0.0520. The monoisotopic (exact) mass is 815 g/mol. The van der Waals surface area contributed by atoms with E-state index in [4.69, 9.17) is 18.9 Å². The number of carboxylic acid groups (broad SMARTS) is 1. The second-order valence-corrected chi connectivity index (χ2v) is 17.4. The van der Waals surface area contributed by atoms with Gasteiger partial charge in [0.25, 0.3) is 0 Å². The summed E-state index contributed by atoms with van der Waals surface area (Å²) >= 11 is 0. The number of hydrogen-bond acceptors (Lipinski definition) is 5. The SMILES string of the molecule is O=C(O)[C@H]1CC12CCC(c1ccnc3ccc(F)cc13)CC2.[C-]#[N+]c1ccc(CC(=O)[C@H]2CC23CCC(c2ccnc4ccc(F)cc24)CC3)cc1.[C-]#[N+]c1ccc(N)cc1. The summed E-state index contributed by atoms with van der Waals surface area (Å²) in [5.41, 5.74) is 12.6. The van der Waals surface area contributed by atoms with Gasteiger partial charge in [0, 0.05) is 41.2 Å². The molecule has 0 radical (unpaired) electrons. The highest BCUT2D eigenvalue weighted by atomic mass is 19.1. The van der Waals surface area contributed by atoms with Crippen LogP contribution in [0.2, 0.25) is 0 Å². The van der Waals surface area contributed by atoms with Crippen molar-refractivity contribution in [3.8, 4) is 0 Å². The van der Waals surface area contributed by atoms with Crippen LogP contribution < -0.4 is 5.73 Å². The number of fused-ring (bicyclic) bond motifs is 2. The molecule has 4 aliphatic carbocycles. The molecule has 2 spiro atoms. The number of aliphatic carboxylic acids is 1. The first-order chi connectivity index (χ1) is 29.5. The Kier molecular flexibility index (Phi) is 11.6. The number of carboxylic acids is 1. The van der Waals surface area contributed by atoms with Crippen LogP contribution in [0.1, 0.15) is 92.7 Å². The summed E-state index contributed by atoms with van der Waals surface area (Å²) < 4.78 is 27.4. The fourth-order valence-electron chi connectivity index (χ4n) is 10.2. The average molecular weight is 816 g/mol. The van der Waals surface area contributed by atoms with Crippen molar-refractivity contribution in [3.05, 3.63) is 161 Å². The fraction of sp³-hybridized carbons (Fsp3) is 0.333. The molecule has 0 unspecified atom stereocenters. The van der Waals surface area contributed by atoms with Gasteiger partial charge in [-0.05, 0) is 164 Å². The Morgan fingerprint density at radius 3 is 1.54 bits per heavy atom. The van der Waals surface area contributed by atoms with Gasteiger partial charge in [-0.15, -0.1) is 0 Å². The largest absolute Gasteiger partial charge is 0.481 e. The number of hydrogen-bond donors (Lipinski definition) is 2. The molecule has 10 rings (SSSR count). The minimum atomic E-state index is -0.644. The lowest BCUT2D eigenvalue weighted by Gasteiger charge is -2.30. The molecule has 0 amide bonds. The van der Waals surface area contributed by atoms with Gasteiger partial charge in [-0.3, -0.25) is 19.6 Å². The molecule has 4 aliphatic rings. The van der Waals surface area contributed by atoms with Crippen LogP contribution in [0.15, 0.2) is 109 Å². The zero-order valence-electron chi connectivity index (χ0n) is 33.9. The first kappa shape index (κ1) is 41.2. The van der Waals surface area contributed by atoms with Crippen LogP contribution in [-0.2, 0) is 16.0 Å². The normalized spacial score (nSPS) is 24.7. The van der Waals surface area contributed by atoms with Crippen LogP contribution in [0, 0.1) is 47.4 Å². The summed E-state index contributed by atoms with van der Waals surface area (Å²) in [5.74, 6) is 0.0536. The van der Waals surface area contributed by atoms with Gasteiger partial charge in [0.15, 0.2) is 11.4 Å². The third-order valence-corrected chi connectivity index (χ3v) is 13.8. The standard InChI is InChI=1S/C26H23FN2O.C18H18FNO2.C7H6N2/c1-28-20-5-2-17(3-6-20)14-25(30)23-16-26(23)11-8-18(9-12-26)21-10-13-29-24-7-4-19(27)15-22(21)24;19-12-1-2-16-14(9-12)13(5-8-20-16)11-3-6-18(7-4-11)10-15(18)17(21)22;1-9-7-4-2-6(8)3-5-7/h2-7,10,13,15,18,23H,8-9,11-12,14,16H2;1-2,5,8-9,11,15H,3-4,6-7,10H2,(H,21,22);2-5H,8H2/t18?,23-,26?;11?,15-,18?;/m11./s1. The lowest BCUT2D eigenvalue weighted by molar-refractivity contribution is -0.139. The zero-order chi connectivity index (χ0) is 42.7. The maximum atomic E-state index is 13.8. The predicted octanol–water partition coefficient (Wildman–Crippen LogP) is 12.3. The van der Waals surface area contributed by atoms with E-state index in [0.717, 1.165) is 97.1 Å². The van der Waals surface area contributed by atoms with Crippen LogP contribution in [0.4, 0.5) is 25.8 Å². The van der Waals surface area contributed by atoms with Gasteiger partial charge in [0.05, 0.1) is 30.1 Å². The number of anilines is 1. The van der Waals surface area contributed by atoms with Gasteiger partial charge in [-0.1, -0.05) is 36.4 Å². The van der Waals surface area contributed by atoms with E-state index >= 15 is 0 Å². The van der Waals surface area contributed by atoms with Crippen LogP contribution in [0.25, 0.3) is 31.5 Å². The number of carbonyl (C=O) groups excluding carboxylic acids is 1. The number of Topliss-reactive ketones (excluding diaryl/α,β-unsaturated/α-hetero) is 1. The number of nitrogens with zero attached hydrogens (tertiary/aromatic N) is 4. The summed E-state index contributed by atoms with van der Waals surface area (Å²) in [7, 11) is 0. The number of carbonyl (C=O) groups is 2. The van der Waals surface area contributed by atoms with E-state index in [1.165, 1.54) is 17.7 Å². The number of nitrogens with two attached hydrogens (primary N) is 1. The number of nitrogen functional groups attached to an aromatic ring is 1. The molecular formula is C51H47F2N5O3. The first-order valence-electron chi connectivity index (χ1n) is 21.0. The van der Waals surface area contributed by atoms with Crippen molar-refractivity contribution in [2.24, 2.45) is 22.7 Å². The molecule has 3 N–H and O–H groups in total. The summed E-state index contributed by atoms with van der Waals surface area (Å²) in [6.07, 6.45) is 14.0. The summed E-state index contributed by atoms with van der Waals surface area (Å²) in [6, 6.07) is 27.8. The maximum Gasteiger partial charge on any atom is 0.307 e. The Bertz CT molecular complexity index is 2670. The smallest absolute Gasteiger partial charge is 0.307 e. The van der Waals surface area contributed by atoms with Crippen molar-refractivity contribution >= 4 is 50.6 Å². The highest BCUT2D eigenvalue weighted by Gasteiger charge is 2.59. The van der Waals surface area contributed by atoms with Gasteiger partial charge in [0.1, 0.15) is 17.4 Å². The van der Waals surface area contributed by atoms with Gasteiger partial charge < -0.3 is 10.8 Å². The van der Waals surface area contributed by atoms with Gasteiger partial charge in [-0.2, -0.15) is 0 Å². The van der Waals surface area contributed by atoms with Crippen molar-refractivity contribution in [1.82, 2.24) is 9.97 Å². The summed E-state index contributed by atoms with van der Waals surface area (Å²) in [4.78, 5) is 39.3. The molecule has 0 bridgehead atoms. The van der Waals surface area contributed by atoms with Crippen molar-refractivity contribution in [1.29, 1.82) is 0 Å². The Hall–Kier alpha value is -6.52. The van der Waals surface area contributed by atoms with E-state index in [2.05, 4.69) is 19.7 Å². The average Bonchev–Trinajstić information content (AvgIpc) is 4.19. The number of ketones is 1. The zero-order valence-corrected chi connectivity index (χ0v) is 33.9. The van der Waals surface area contributed by atoms with Gasteiger partial charge in [-0.25, -0.2) is 18.5 Å². The van der Waals surface area contributed by atoms with Gasteiger partial charge in [0.2, 0.25) is 0 Å². The second-order valence-electron chi connectivity index (χ2n) is 17.4. The van der Waals surface area contributed by atoms with Crippen molar-refractivity contribution < 1.29 is 23.5 Å². The number of rotatable bonds is 6. The van der Waals surface area contributed by atoms with Crippen molar-refractivity contribution in [2.75, 3.05) is 5.73 Å². The lowest BCUT2D eigenvalue weighted by atomic mass is 9.74. The van der Waals surface area contributed by atoms with E-state index in [1.54, 1.807) is 66.9 Å². The van der Waals surface area contributed by atoms with Crippen LogP contribution >= 0.6 is 0 Å². The highest BCUT2D eigenvalue weighted by Crippen LogP contribution is 2.64. The summed E-state index contributed by atoms with van der Waals surface area (Å²) in [6.45, 7) is 13.6. The molecule has 2 aromatic heterocycles. The van der Waals surface area contributed by atoms with E-state index in [0.29, 0.717) is 41.1 Å². The Morgan fingerprint density at radius 1 is 0.656 bits per heavy atom. The Labute approximate surface area is 354 Å². The van der Waals surface area contributed by atoms with Crippen molar-refractivity contribution in [3.63, 3.8) is 0 Å². The molecule has 0 aliphatic heterocycles. The Morgan fingerprint density at radius 2 is 1.10 bits per heavy atom. The van der Waals surface area contributed by atoms with Crippen LogP contribution in [0.3, 0.4) is 0 Å². The third kappa shape index (κ3) is 9.00. The first-order valence-corrected chi connectivity index (χ1v) is 21.0. The number of halogens is 2. The molecule has 2 atom stereocenters. The molecule has 0 saturated heterocycles. The maximum absolute atomic E-state index is 13.8. The number of aromatic nitrogens is 2. The van der Waals surface area contributed by atoms with Crippen molar-refractivity contribution in [2.45, 2.75) is 82.5 Å². The van der Waals surface area contributed by atoms with Crippen LogP contribution in [0.5, 0.6) is 0 Å². The highest BCUT2D eigenvalue weighted by molar-refractivity contribution is 5.87. The topological polar surface area (TPSA) is 115 Å². The Balaban J connectivity index is 0.000000144. The lowest BCUT2D eigenvalue weighted by Crippen LogP contribution is -2.20. The predicted molar refractivity (Wildman–Crippen MR) is 233 cm³/mol. The third-order valence-electron chi connectivity index (χ3n) is 13.8. The minimum Gasteiger partial charge on any atom is -0.481 e.